The topological polar surface area (TPSA) is 54.8 Å². The Morgan fingerprint density at radius 2 is 2.29 bits per heavy atom. The molecule has 1 heterocycles. The summed E-state index contributed by atoms with van der Waals surface area (Å²) in [5, 5.41) is 4.48. The van der Waals surface area contributed by atoms with Crippen molar-refractivity contribution in [3.05, 3.63) is 0 Å². The summed E-state index contributed by atoms with van der Waals surface area (Å²) in [6.07, 6.45) is 1.02. The van der Waals surface area contributed by atoms with Crippen molar-refractivity contribution in [3.8, 4) is 0 Å². The van der Waals surface area contributed by atoms with E-state index in [1.807, 2.05) is 0 Å². The smallest absolute Gasteiger partial charge is 0.184 e. The molecule has 3 atom stereocenters. The minimum atomic E-state index is 0.239. The van der Waals surface area contributed by atoms with E-state index < -0.39 is 0 Å². The highest BCUT2D eigenvalue weighted by molar-refractivity contribution is 7.80. The highest BCUT2D eigenvalue weighted by Gasteiger charge is 2.28. The Balaban J connectivity index is 2.60. The van der Waals surface area contributed by atoms with Gasteiger partial charge in [0, 0.05) is 12.3 Å². The second-order valence-electron chi connectivity index (χ2n) is 4.14. The SMILES string of the molecule is C[C@@H]1C[NH+](C)[C@@H](C)C/C1=N/NC(N)=S. The maximum atomic E-state index is 5.33. The van der Waals surface area contributed by atoms with Crippen molar-refractivity contribution < 1.29 is 4.90 Å². The molecule has 1 fully saturated rings. The molecule has 1 rings (SSSR count). The summed E-state index contributed by atoms with van der Waals surface area (Å²) >= 11 is 4.71. The molecule has 1 aliphatic heterocycles. The first-order valence-corrected chi connectivity index (χ1v) is 5.35. The first kappa shape index (κ1) is 11.4. The second-order valence-corrected chi connectivity index (χ2v) is 4.58. The van der Waals surface area contributed by atoms with Gasteiger partial charge in [-0.1, -0.05) is 6.92 Å². The third-order valence-electron chi connectivity index (χ3n) is 2.86. The number of hydrogen-bond donors (Lipinski definition) is 3. The maximum absolute atomic E-state index is 5.33. The van der Waals surface area contributed by atoms with Crippen molar-refractivity contribution in [2.75, 3.05) is 13.6 Å². The van der Waals surface area contributed by atoms with Crippen LogP contribution in [0.15, 0.2) is 5.10 Å². The minimum Gasteiger partial charge on any atom is -0.375 e. The average molecular weight is 215 g/mol. The summed E-state index contributed by atoms with van der Waals surface area (Å²) in [4.78, 5) is 1.56. The van der Waals surface area contributed by atoms with E-state index in [4.69, 9.17) is 18.0 Å². The summed E-state index contributed by atoms with van der Waals surface area (Å²) in [7, 11) is 2.22. The Morgan fingerprint density at radius 3 is 2.86 bits per heavy atom. The Labute approximate surface area is 90.5 Å². The lowest BCUT2D eigenvalue weighted by Gasteiger charge is -2.31. The van der Waals surface area contributed by atoms with Crippen LogP contribution in [-0.4, -0.2) is 30.5 Å². The lowest BCUT2D eigenvalue weighted by Crippen LogP contribution is -3.14. The number of hydrazone groups is 1. The first-order valence-electron chi connectivity index (χ1n) is 4.95. The molecule has 4 N–H and O–H groups in total. The Hall–Kier alpha value is -0.680. The normalized spacial score (nSPS) is 35.6. The molecule has 14 heavy (non-hydrogen) atoms. The quantitative estimate of drug-likeness (QED) is 0.393. The second kappa shape index (κ2) is 4.70. The van der Waals surface area contributed by atoms with Crippen LogP contribution >= 0.6 is 12.2 Å². The van der Waals surface area contributed by atoms with Gasteiger partial charge in [0.25, 0.3) is 0 Å². The fourth-order valence-corrected chi connectivity index (χ4v) is 1.82. The van der Waals surface area contributed by atoms with Gasteiger partial charge in [-0.3, -0.25) is 5.43 Å². The van der Waals surface area contributed by atoms with Crippen molar-refractivity contribution in [1.29, 1.82) is 0 Å². The first-order chi connectivity index (χ1) is 6.50. The number of piperidine rings is 1. The van der Waals surface area contributed by atoms with E-state index in [1.165, 1.54) is 5.71 Å². The number of nitrogens with one attached hydrogen (secondary N) is 2. The summed E-state index contributed by atoms with van der Waals surface area (Å²) < 4.78 is 0. The summed E-state index contributed by atoms with van der Waals surface area (Å²) in [5.74, 6) is 0.507. The molecule has 1 aliphatic rings. The number of nitrogens with two attached hydrogens (primary N) is 1. The maximum Gasteiger partial charge on any atom is 0.184 e. The number of hydrogen-bond acceptors (Lipinski definition) is 2. The molecule has 0 spiro atoms. The molecule has 0 aromatic heterocycles. The molecular formula is C9H19N4S+. The van der Waals surface area contributed by atoms with E-state index in [0.717, 1.165) is 13.0 Å². The Kier molecular flexibility index (Phi) is 3.83. The van der Waals surface area contributed by atoms with Crippen LogP contribution in [0.4, 0.5) is 0 Å². The van der Waals surface area contributed by atoms with Gasteiger partial charge in [0.15, 0.2) is 5.11 Å². The van der Waals surface area contributed by atoms with Gasteiger partial charge in [-0.05, 0) is 19.1 Å². The third kappa shape index (κ3) is 2.92. The zero-order valence-electron chi connectivity index (χ0n) is 9.00. The van der Waals surface area contributed by atoms with Crippen LogP contribution in [-0.2, 0) is 0 Å². The van der Waals surface area contributed by atoms with Gasteiger partial charge >= 0.3 is 0 Å². The largest absolute Gasteiger partial charge is 0.375 e. The van der Waals surface area contributed by atoms with E-state index in [1.54, 1.807) is 4.90 Å². The lowest BCUT2D eigenvalue weighted by molar-refractivity contribution is -0.908. The van der Waals surface area contributed by atoms with Crippen LogP contribution in [0.25, 0.3) is 0 Å². The average Bonchev–Trinajstić information content (AvgIpc) is 2.09. The van der Waals surface area contributed by atoms with Gasteiger partial charge in [0.1, 0.15) is 0 Å². The molecule has 1 saturated heterocycles. The minimum absolute atomic E-state index is 0.239. The van der Waals surface area contributed by atoms with Crippen molar-refractivity contribution in [2.45, 2.75) is 26.3 Å². The lowest BCUT2D eigenvalue weighted by atomic mass is 9.93. The number of rotatable bonds is 1. The van der Waals surface area contributed by atoms with E-state index in [2.05, 4.69) is 31.4 Å². The van der Waals surface area contributed by atoms with Crippen LogP contribution in [0.3, 0.4) is 0 Å². The van der Waals surface area contributed by atoms with E-state index >= 15 is 0 Å². The summed E-state index contributed by atoms with van der Waals surface area (Å²) in [6, 6.07) is 0.623. The summed E-state index contributed by atoms with van der Waals surface area (Å²) in [6.45, 7) is 5.55. The van der Waals surface area contributed by atoms with E-state index in [9.17, 15) is 0 Å². The monoisotopic (exact) mass is 215 g/mol. The Morgan fingerprint density at radius 1 is 1.64 bits per heavy atom. The van der Waals surface area contributed by atoms with E-state index in [-0.39, 0.29) is 5.11 Å². The molecule has 80 valence electrons. The molecule has 5 heteroatoms. The van der Waals surface area contributed by atoms with Crippen LogP contribution in [0.2, 0.25) is 0 Å². The molecule has 0 saturated carbocycles. The molecule has 0 bridgehead atoms. The highest BCUT2D eigenvalue weighted by Crippen LogP contribution is 2.07. The number of nitrogens with zero attached hydrogens (tertiary/aromatic N) is 1. The highest BCUT2D eigenvalue weighted by atomic mass is 32.1. The third-order valence-corrected chi connectivity index (χ3v) is 2.95. The number of quaternary nitrogens is 1. The molecular weight excluding hydrogens is 196 g/mol. The summed E-state index contributed by atoms with van der Waals surface area (Å²) in [5.41, 5.74) is 9.17. The van der Waals surface area contributed by atoms with Gasteiger partial charge in [-0.2, -0.15) is 5.10 Å². The van der Waals surface area contributed by atoms with Crippen LogP contribution in [0.5, 0.6) is 0 Å². The van der Waals surface area contributed by atoms with Gasteiger partial charge in [-0.15, -0.1) is 0 Å². The van der Waals surface area contributed by atoms with Gasteiger partial charge in [-0.25, -0.2) is 0 Å². The Bertz CT molecular complexity index is 251. The zero-order valence-corrected chi connectivity index (χ0v) is 9.82. The predicted molar refractivity (Wildman–Crippen MR) is 62.4 cm³/mol. The van der Waals surface area contributed by atoms with Crippen molar-refractivity contribution in [1.82, 2.24) is 5.43 Å². The fourth-order valence-electron chi connectivity index (χ4n) is 1.77. The van der Waals surface area contributed by atoms with Crippen LogP contribution in [0, 0.1) is 5.92 Å². The van der Waals surface area contributed by atoms with Crippen molar-refractivity contribution in [2.24, 2.45) is 16.8 Å². The van der Waals surface area contributed by atoms with Gasteiger partial charge < -0.3 is 10.6 Å². The van der Waals surface area contributed by atoms with Gasteiger partial charge in [0.2, 0.25) is 0 Å². The molecule has 0 aromatic rings. The molecule has 0 aliphatic carbocycles. The van der Waals surface area contributed by atoms with Crippen LogP contribution in [0.1, 0.15) is 20.3 Å². The predicted octanol–water partition coefficient (Wildman–Crippen LogP) is -0.881. The van der Waals surface area contributed by atoms with E-state index in [0.29, 0.717) is 12.0 Å². The molecule has 4 nitrogen and oxygen atoms in total. The standard InChI is InChI=1S/C9H18N4S/c1-6-5-13(3)7(2)4-8(6)11-12-9(10)14/h6-7H,4-5H2,1-3H3,(H3,10,12,14)/p+1/b11-8-/t6-,7+/m1/s1. The molecule has 0 aromatic carbocycles. The fraction of sp³-hybridized carbons (Fsp3) is 0.778. The molecule has 1 unspecified atom stereocenters. The number of likely N-dealkylation sites (tertiary alicyclic amines) is 1. The van der Waals surface area contributed by atoms with Crippen molar-refractivity contribution in [3.63, 3.8) is 0 Å². The molecule has 0 amide bonds. The van der Waals surface area contributed by atoms with Crippen molar-refractivity contribution >= 4 is 23.0 Å². The van der Waals surface area contributed by atoms with Crippen LogP contribution < -0.4 is 16.1 Å². The van der Waals surface area contributed by atoms with Gasteiger partial charge in [0.05, 0.1) is 25.3 Å². The zero-order chi connectivity index (χ0) is 10.7. The molecule has 0 radical (unpaired) electrons. The number of thiocarbonyl (C=S) groups is 1.